The van der Waals surface area contributed by atoms with Gasteiger partial charge in [0.05, 0.1) is 23.7 Å². The van der Waals surface area contributed by atoms with Crippen molar-refractivity contribution in [3.8, 4) is 0 Å². The fraction of sp³-hybridized carbons (Fsp3) is 0.611. The van der Waals surface area contributed by atoms with Crippen molar-refractivity contribution in [2.24, 2.45) is 0 Å². The van der Waals surface area contributed by atoms with E-state index in [0.29, 0.717) is 17.7 Å². The molecule has 0 saturated carbocycles. The molecule has 1 saturated heterocycles. The van der Waals surface area contributed by atoms with E-state index in [-0.39, 0.29) is 29.4 Å². The first-order valence-electron chi connectivity index (χ1n) is 9.02. The third-order valence-corrected chi connectivity index (χ3v) is 6.61. The summed E-state index contributed by atoms with van der Waals surface area (Å²) in [7, 11) is -1.63. The second kappa shape index (κ2) is 8.34. The lowest BCUT2D eigenvalue weighted by Gasteiger charge is -2.26. The summed E-state index contributed by atoms with van der Waals surface area (Å²) >= 11 is 0. The number of nitrogens with one attached hydrogen (secondary N) is 1. The Labute approximate surface area is 164 Å². The number of esters is 2. The highest BCUT2D eigenvalue weighted by molar-refractivity contribution is 7.91. The van der Waals surface area contributed by atoms with E-state index >= 15 is 0 Å². The van der Waals surface area contributed by atoms with E-state index in [1.165, 1.54) is 18.9 Å². The van der Waals surface area contributed by atoms with E-state index in [0.717, 1.165) is 0 Å². The van der Waals surface area contributed by atoms with Crippen LogP contribution in [0.15, 0.2) is 0 Å². The number of rotatable bonds is 6. The van der Waals surface area contributed by atoms with E-state index in [1.54, 1.807) is 20.8 Å². The molecule has 0 aromatic carbocycles. The van der Waals surface area contributed by atoms with Crippen LogP contribution < -0.4 is 0 Å². The van der Waals surface area contributed by atoms with Crippen LogP contribution in [0, 0.1) is 13.8 Å². The number of aromatic nitrogens is 1. The number of carbonyl (C=O) groups is 3. The molecule has 1 aliphatic rings. The summed E-state index contributed by atoms with van der Waals surface area (Å²) in [5, 5.41) is 0. The van der Waals surface area contributed by atoms with Gasteiger partial charge in [-0.15, -0.1) is 0 Å². The van der Waals surface area contributed by atoms with Crippen molar-refractivity contribution in [2.75, 3.05) is 25.2 Å². The Balaban J connectivity index is 2.10. The summed E-state index contributed by atoms with van der Waals surface area (Å²) < 4.78 is 33.5. The first-order valence-corrected chi connectivity index (χ1v) is 10.8. The summed E-state index contributed by atoms with van der Waals surface area (Å²) in [6.07, 6.45) is -0.731. The van der Waals surface area contributed by atoms with Gasteiger partial charge >= 0.3 is 11.9 Å². The number of sulfone groups is 1. The Morgan fingerprint density at radius 2 is 1.89 bits per heavy atom. The standard InChI is InChI=1S/C18H26N2O7S/c1-6-26-18(23)15-10(2)14(11(3)19-15)17(22)27-12(4)16(21)20(5)13-7-8-28(24,25)9-13/h12-13,19H,6-9H2,1-5H3/t12-,13+/m1/s1. The Morgan fingerprint density at radius 1 is 1.25 bits per heavy atom. The van der Waals surface area contributed by atoms with E-state index in [1.807, 2.05) is 0 Å². The topological polar surface area (TPSA) is 123 Å². The Bertz CT molecular complexity index is 888. The molecule has 0 bridgehead atoms. The van der Waals surface area contributed by atoms with Crippen LogP contribution in [-0.2, 0) is 24.1 Å². The maximum atomic E-state index is 12.6. The molecule has 1 fully saturated rings. The normalized spacial score (nSPS) is 19.1. The number of likely N-dealkylation sites (N-methyl/N-ethyl adjacent to an activating group) is 1. The number of nitrogens with zero attached hydrogens (tertiary/aromatic N) is 1. The van der Waals surface area contributed by atoms with Crippen LogP contribution in [0.4, 0.5) is 0 Å². The third-order valence-electron chi connectivity index (χ3n) is 4.86. The monoisotopic (exact) mass is 414 g/mol. The summed E-state index contributed by atoms with van der Waals surface area (Å²) in [5.41, 5.74) is 1.16. The first-order chi connectivity index (χ1) is 13.0. The predicted molar refractivity (Wildman–Crippen MR) is 101 cm³/mol. The predicted octanol–water partition coefficient (Wildman–Crippen LogP) is 0.999. The summed E-state index contributed by atoms with van der Waals surface area (Å²) in [6, 6.07) is -0.426. The molecule has 0 radical (unpaired) electrons. The molecule has 1 amide bonds. The zero-order chi connectivity index (χ0) is 21.2. The fourth-order valence-corrected chi connectivity index (χ4v) is 5.06. The van der Waals surface area contributed by atoms with Gasteiger partial charge in [0.2, 0.25) is 0 Å². The zero-order valence-corrected chi connectivity index (χ0v) is 17.5. The van der Waals surface area contributed by atoms with Crippen LogP contribution >= 0.6 is 0 Å². The Kier molecular flexibility index (Phi) is 6.53. The van der Waals surface area contributed by atoms with E-state index in [9.17, 15) is 22.8 Å². The van der Waals surface area contributed by atoms with Crippen LogP contribution in [0.3, 0.4) is 0 Å². The molecular weight excluding hydrogens is 388 g/mol. The van der Waals surface area contributed by atoms with Crippen molar-refractivity contribution in [3.63, 3.8) is 0 Å². The van der Waals surface area contributed by atoms with Gasteiger partial charge in [-0.2, -0.15) is 0 Å². The SMILES string of the molecule is CCOC(=O)c1[nH]c(C)c(C(=O)O[C@H](C)C(=O)N(C)[C@H]2CCS(=O)(=O)C2)c1C. The van der Waals surface area contributed by atoms with Crippen molar-refractivity contribution >= 4 is 27.7 Å². The number of aryl methyl sites for hydroxylation is 1. The zero-order valence-electron chi connectivity index (χ0n) is 16.7. The first kappa shape index (κ1) is 21.9. The van der Waals surface area contributed by atoms with Crippen molar-refractivity contribution in [1.82, 2.24) is 9.88 Å². The van der Waals surface area contributed by atoms with Gasteiger partial charge < -0.3 is 19.4 Å². The molecule has 0 unspecified atom stereocenters. The molecule has 2 rings (SSSR count). The van der Waals surface area contributed by atoms with Crippen LogP contribution in [0.25, 0.3) is 0 Å². The minimum atomic E-state index is -3.14. The molecule has 0 aliphatic carbocycles. The molecule has 1 N–H and O–H groups in total. The smallest absolute Gasteiger partial charge is 0.355 e. The van der Waals surface area contributed by atoms with Crippen molar-refractivity contribution in [1.29, 1.82) is 0 Å². The second-order valence-corrected chi connectivity index (χ2v) is 9.13. The molecule has 0 spiro atoms. The molecule has 9 nitrogen and oxygen atoms in total. The highest BCUT2D eigenvalue weighted by atomic mass is 32.2. The van der Waals surface area contributed by atoms with E-state index in [4.69, 9.17) is 9.47 Å². The van der Waals surface area contributed by atoms with Gasteiger partial charge in [0.15, 0.2) is 15.9 Å². The van der Waals surface area contributed by atoms with Gasteiger partial charge in [0.25, 0.3) is 5.91 Å². The minimum Gasteiger partial charge on any atom is -0.461 e. The highest BCUT2D eigenvalue weighted by Crippen LogP contribution is 2.22. The second-order valence-electron chi connectivity index (χ2n) is 6.90. The maximum Gasteiger partial charge on any atom is 0.355 e. The van der Waals surface area contributed by atoms with Gasteiger partial charge in [-0.05, 0) is 39.7 Å². The maximum absolute atomic E-state index is 12.6. The van der Waals surface area contributed by atoms with Gasteiger partial charge in [-0.1, -0.05) is 0 Å². The largest absolute Gasteiger partial charge is 0.461 e. The van der Waals surface area contributed by atoms with E-state index < -0.39 is 39.8 Å². The number of hydrogen-bond acceptors (Lipinski definition) is 7. The number of aromatic amines is 1. The van der Waals surface area contributed by atoms with Gasteiger partial charge in [0, 0.05) is 18.8 Å². The summed E-state index contributed by atoms with van der Waals surface area (Å²) in [4.78, 5) is 41.2. The molecule has 2 heterocycles. The number of ether oxygens (including phenoxy) is 2. The van der Waals surface area contributed by atoms with Crippen molar-refractivity contribution < 1.29 is 32.3 Å². The van der Waals surface area contributed by atoms with Crippen LogP contribution in [-0.4, -0.2) is 73.5 Å². The van der Waals surface area contributed by atoms with Crippen molar-refractivity contribution in [2.45, 2.75) is 46.3 Å². The summed E-state index contributed by atoms with van der Waals surface area (Å²) in [6.45, 7) is 6.52. The van der Waals surface area contributed by atoms with Gasteiger partial charge in [-0.25, -0.2) is 18.0 Å². The Morgan fingerprint density at radius 3 is 2.43 bits per heavy atom. The van der Waals surface area contributed by atoms with E-state index in [2.05, 4.69) is 4.98 Å². The number of carbonyl (C=O) groups excluding carboxylic acids is 3. The number of H-pyrrole nitrogens is 1. The molecule has 1 aliphatic heterocycles. The molecular formula is C18H26N2O7S. The van der Waals surface area contributed by atoms with Crippen molar-refractivity contribution in [3.05, 3.63) is 22.5 Å². The lowest BCUT2D eigenvalue weighted by atomic mass is 10.1. The quantitative estimate of drug-likeness (QED) is 0.689. The average Bonchev–Trinajstić information content (AvgIpc) is 3.12. The van der Waals surface area contributed by atoms with Crippen LogP contribution in [0.1, 0.15) is 52.4 Å². The molecule has 156 valence electrons. The average molecular weight is 414 g/mol. The molecule has 1 aromatic rings. The molecule has 10 heteroatoms. The summed E-state index contributed by atoms with van der Waals surface area (Å²) in [5.74, 6) is -1.84. The lowest BCUT2D eigenvalue weighted by Crippen LogP contribution is -2.44. The minimum absolute atomic E-state index is 0.0435. The van der Waals surface area contributed by atoms with Crippen LogP contribution in [0.2, 0.25) is 0 Å². The Hall–Kier alpha value is -2.36. The number of hydrogen-bond donors (Lipinski definition) is 1. The highest BCUT2D eigenvalue weighted by Gasteiger charge is 2.35. The molecule has 28 heavy (non-hydrogen) atoms. The molecule has 1 aromatic heterocycles. The third kappa shape index (κ3) is 4.54. The van der Waals surface area contributed by atoms with Gasteiger partial charge in [0.1, 0.15) is 5.69 Å². The van der Waals surface area contributed by atoms with Gasteiger partial charge in [-0.3, -0.25) is 4.79 Å². The van der Waals surface area contributed by atoms with Crippen LogP contribution in [0.5, 0.6) is 0 Å². The lowest BCUT2D eigenvalue weighted by molar-refractivity contribution is -0.140. The molecule has 2 atom stereocenters. The fourth-order valence-electron chi connectivity index (χ4n) is 3.28. The number of amides is 1.